The van der Waals surface area contributed by atoms with E-state index in [1.165, 1.54) is 12.1 Å². The van der Waals surface area contributed by atoms with Crippen LogP contribution in [0.3, 0.4) is 0 Å². The highest BCUT2D eigenvalue weighted by Gasteiger charge is 2.52. The molecule has 10 nitrogen and oxygen atoms in total. The third-order valence-corrected chi connectivity index (χ3v) is 7.08. The standard InChI is InChI=1S/C35H32O10/c1-40-27-19-17-23(18-20-27)21-41-22-28-29(43-32(36)24-11-5-2-6-12-24)30(44-33(37)25-13-7-3-8-14-25)31(35(39)42-28)45-34(38)26-15-9-4-10-16-26/h2-20,28-31,35,39H,21-22H2,1H3/t28-,29-,30+,31-,35+/m1/s1. The highest BCUT2D eigenvalue weighted by atomic mass is 16.7. The van der Waals surface area contributed by atoms with Gasteiger partial charge in [0.2, 0.25) is 0 Å². The molecule has 0 aliphatic carbocycles. The first kappa shape index (κ1) is 31.4. The lowest BCUT2D eigenvalue weighted by atomic mass is 9.97. The molecule has 0 amide bonds. The fourth-order valence-electron chi connectivity index (χ4n) is 4.74. The van der Waals surface area contributed by atoms with Crippen molar-refractivity contribution in [1.82, 2.24) is 0 Å². The third kappa shape index (κ3) is 8.12. The highest BCUT2D eigenvalue weighted by molar-refractivity contribution is 5.91. The van der Waals surface area contributed by atoms with Crippen LogP contribution in [0.2, 0.25) is 0 Å². The van der Waals surface area contributed by atoms with E-state index in [0.717, 1.165) is 5.56 Å². The zero-order valence-corrected chi connectivity index (χ0v) is 24.4. The fourth-order valence-corrected chi connectivity index (χ4v) is 4.74. The van der Waals surface area contributed by atoms with Crippen molar-refractivity contribution in [3.8, 4) is 5.75 Å². The Morgan fingerprint density at radius 2 is 1.07 bits per heavy atom. The second kappa shape index (κ2) is 15.1. The Labute approximate surface area is 260 Å². The highest BCUT2D eigenvalue weighted by Crippen LogP contribution is 2.30. The molecule has 1 N–H and O–H groups in total. The number of carbonyl (C=O) groups excluding carboxylic acids is 3. The van der Waals surface area contributed by atoms with Gasteiger partial charge in [0.05, 0.1) is 37.0 Å². The molecular weight excluding hydrogens is 580 g/mol. The van der Waals surface area contributed by atoms with Crippen molar-refractivity contribution < 1.29 is 47.9 Å². The lowest BCUT2D eigenvalue weighted by Gasteiger charge is -2.43. The summed E-state index contributed by atoms with van der Waals surface area (Å²) in [5.41, 5.74) is 1.45. The van der Waals surface area contributed by atoms with Gasteiger partial charge < -0.3 is 33.5 Å². The number of methoxy groups -OCH3 is 1. The number of aliphatic hydroxyl groups excluding tert-OH is 1. The van der Waals surface area contributed by atoms with Crippen molar-refractivity contribution >= 4 is 17.9 Å². The number of aliphatic hydroxyl groups is 1. The summed E-state index contributed by atoms with van der Waals surface area (Å²) >= 11 is 0. The maximum Gasteiger partial charge on any atom is 0.338 e. The minimum atomic E-state index is -1.76. The van der Waals surface area contributed by atoms with Crippen molar-refractivity contribution in [3.63, 3.8) is 0 Å². The van der Waals surface area contributed by atoms with Crippen LogP contribution in [0.25, 0.3) is 0 Å². The van der Waals surface area contributed by atoms with E-state index in [1.807, 2.05) is 12.1 Å². The van der Waals surface area contributed by atoms with Crippen LogP contribution >= 0.6 is 0 Å². The Hall–Kier alpha value is -5.03. The Morgan fingerprint density at radius 1 is 0.622 bits per heavy atom. The van der Waals surface area contributed by atoms with Crippen molar-refractivity contribution in [2.24, 2.45) is 0 Å². The molecule has 4 aromatic carbocycles. The number of rotatable bonds is 11. The number of ether oxygens (including phenoxy) is 6. The van der Waals surface area contributed by atoms with Crippen molar-refractivity contribution in [2.75, 3.05) is 13.7 Å². The van der Waals surface area contributed by atoms with Gasteiger partial charge in [0.1, 0.15) is 11.9 Å². The van der Waals surface area contributed by atoms with E-state index in [-0.39, 0.29) is 29.9 Å². The summed E-state index contributed by atoms with van der Waals surface area (Å²) in [4.78, 5) is 39.7. The average molecular weight is 613 g/mol. The molecule has 45 heavy (non-hydrogen) atoms. The van der Waals surface area contributed by atoms with E-state index in [1.54, 1.807) is 98.1 Å². The predicted octanol–water partition coefficient (Wildman–Crippen LogP) is 4.61. The first-order valence-corrected chi connectivity index (χ1v) is 14.2. The number of carbonyl (C=O) groups is 3. The Morgan fingerprint density at radius 3 is 1.53 bits per heavy atom. The van der Waals surface area contributed by atoms with Gasteiger partial charge in [0.15, 0.2) is 24.6 Å². The van der Waals surface area contributed by atoms with Crippen LogP contribution < -0.4 is 4.74 Å². The van der Waals surface area contributed by atoms with Crippen LogP contribution in [-0.2, 0) is 30.3 Å². The molecule has 0 bridgehead atoms. The summed E-state index contributed by atoms with van der Waals surface area (Å²) < 4.78 is 34.4. The molecule has 10 heteroatoms. The lowest BCUT2D eigenvalue weighted by molar-refractivity contribution is -0.286. The molecular formula is C35H32O10. The minimum Gasteiger partial charge on any atom is -0.497 e. The topological polar surface area (TPSA) is 127 Å². The van der Waals surface area contributed by atoms with E-state index in [0.29, 0.717) is 5.75 Å². The van der Waals surface area contributed by atoms with Crippen LogP contribution in [0.15, 0.2) is 115 Å². The summed E-state index contributed by atoms with van der Waals surface area (Å²) in [7, 11) is 1.57. The van der Waals surface area contributed by atoms with Crippen molar-refractivity contribution in [2.45, 2.75) is 37.3 Å². The molecule has 0 saturated carbocycles. The molecule has 0 radical (unpaired) electrons. The Bertz CT molecular complexity index is 1540. The molecule has 1 fully saturated rings. The largest absolute Gasteiger partial charge is 0.497 e. The average Bonchev–Trinajstić information content (AvgIpc) is 3.09. The molecule has 0 aromatic heterocycles. The molecule has 0 unspecified atom stereocenters. The number of hydrogen-bond donors (Lipinski definition) is 1. The maximum absolute atomic E-state index is 13.3. The van der Waals surface area contributed by atoms with Gasteiger partial charge in [-0.3, -0.25) is 0 Å². The SMILES string of the molecule is COc1ccc(COC[C@H]2O[C@H](O)[C@H](OC(=O)c3ccccc3)[C@@H](OC(=O)c3ccccc3)[C@@H]2OC(=O)c2ccccc2)cc1. The van der Waals surface area contributed by atoms with Crippen molar-refractivity contribution in [3.05, 3.63) is 138 Å². The molecule has 1 aliphatic rings. The zero-order chi connectivity index (χ0) is 31.6. The van der Waals surface area contributed by atoms with Gasteiger partial charge >= 0.3 is 17.9 Å². The molecule has 1 saturated heterocycles. The number of hydrogen-bond acceptors (Lipinski definition) is 10. The fraction of sp³-hybridized carbons (Fsp3) is 0.229. The molecule has 1 aliphatic heterocycles. The van der Waals surface area contributed by atoms with Gasteiger partial charge in [-0.15, -0.1) is 0 Å². The minimum absolute atomic E-state index is 0.153. The van der Waals surface area contributed by atoms with Gasteiger partial charge in [-0.1, -0.05) is 66.7 Å². The quantitative estimate of drug-likeness (QED) is 0.190. The summed E-state index contributed by atoms with van der Waals surface area (Å²) in [5, 5.41) is 11.1. The van der Waals surface area contributed by atoms with E-state index < -0.39 is 48.6 Å². The molecule has 1 heterocycles. The van der Waals surface area contributed by atoms with Crippen LogP contribution in [0.5, 0.6) is 5.75 Å². The number of benzene rings is 4. The Balaban J connectivity index is 1.44. The predicted molar refractivity (Wildman–Crippen MR) is 160 cm³/mol. The van der Waals surface area contributed by atoms with E-state index in [9.17, 15) is 19.5 Å². The number of esters is 3. The van der Waals surface area contributed by atoms with Gasteiger partial charge in [0.25, 0.3) is 0 Å². The molecule has 5 rings (SSSR count). The zero-order valence-electron chi connectivity index (χ0n) is 24.4. The molecule has 232 valence electrons. The summed E-state index contributed by atoms with van der Waals surface area (Å²) in [5.74, 6) is -1.64. The first-order valence-electron chi connectivity index (χ1n) is 14.2. The molecule has 0 spiro atoms. The summed E-state index contributed by atoms with van der Waals surface area (Å²) in [6.07, 6.45) is -7.26. The maximum atomic E-state index is 13.3. The lowest BCUT2D eigenvalue weighted by Crippen LogP contribution is -2.62. The third-order valence-electron chi connectivity index (χ3n) is 7.08. The van der Waals surface area contributed by atoms with Crippen LogP contribution in [-0.4, -0.2) is 67.4 Å². The van der Waals surface area contributed by atoms with Crippen molar-refractivity contribution in [1.29, 1.82) is 0 Å². The van der Waals surface area contributed by atoms with E-state index >= 15 is 0 Å². The van der Waals surface area contributed by atoms with Crippen LogP contribution in [0, 0.1) is 0 Å². The Kier molecular flexibility index (Phi) is 10.5. The van der Waals surface area contributed by atoms with Gasteiger partial charge in [-0.25, -0.2) is 14.4 Å². The van der Waals surface area contributed by atoms with E-state index in [2.05, 4.69) is 0 Å². The van der Waals surface area contributed by atoms with Gasteiger partial charge in [-0.2, -0.15) is 0 Å². The smallest absolute Gasteiger partial charge is 0.338 e. The summed E-state index contributed by atoms with van der Waals surface area (Å²) in [6.45, 7) is -0.0191. The molecule has 5 atom stereocenters. The normalized spacial score (nSPS) is 20.9. The van der Waals surface area contributed by atoms with Crippen LogP contribution in [0.1, 0.15) is 36.6 Å². The first-order chi connectivity index (χ1) is 21.9. The summed E-state index contributed by atoms with van der Waals surface area (Å²) in [6, 6.07) is 31.7. The van der Waals surface area contributed by atoms with Crippen LogP contribution in [0.4, 0.5) is 0 Å². The van der Waals surface area contributed by atoms with Gasteiger partial charge in [0, 0.05) is 0 Å². The monoisotopic (exact) mass is 612 g/mol. The van der Waals surface area contributed by atoms with E-state index in [4.69, 9.17) is 28.4 Å². The second-order valence-electron chi connectivity index (χ2n) is 10.1. The van der Waals surface area contributed by atoms with Gasteiger partial charge in [-0.05, 0) is 54.1 Å². The molecule has 4 aromatic rings. The second-order valence-corrected chi connectivity index (χ2v) is 10.1.